The Hall–Kier alpha value is -1.58. The summed E-state index contributed by atoms with van der Waals surface area (Å²) in [7, 11) is 1.26. The molecule has 0 saturated carbocycles. The number of phenols is 1. The Bertz CT molecular complexity index is 309. The molecule has 0 unspecified atom stereocenters. The highest BCUT2D eigenvalue weighted by atomic mass is 19.1. The zero-order chi connectivity index (χ0) is 9.14. The van der Waals surface area contributed by atoms with E-state index in [1.807, 2.05) is 0 Å². The van der Waals surface area contributed by atoms with Crippen molar-refractivity contribution in [2.24, 2.45) is 0 Å². The Balaban J connectivity index is 3.31. The van der Waals surface area contributed by atoms with Gasteiger partial charge >= 0.3 is 0 Å². The number of aldehydes is 1. The zero-order valence-corrected chi connectivity index (χ0v) is 6.37. The number of phenolic OH excluding ortho intramolecular Hbond substituents is 1. The van der Waals surface area contributed by atoms with Gasteiger partial charge in [-0.1, -0.05) is 0 Å². The van der Waals surface area contributed by atoms with Crippen LogP contribution in [-0.4, -0.2) is 18.5 Å². The standard InChI is InChI=1S/C8H7FO3/c1-12-7-3-6(11)2-5(4-10)8(7)9/h2-4,11H,1H3. The van der Waals surface area contributed by atoms with Crippen molar-refractivity contribution in [1.82, 2.24) is 0 Å². The van der Waals surface area contributed by atoms with Crippen LogP contribution in [0, 0.1) is 5.82 Å². The first-order valence-electron chi connectivity index (χ1n) is 3.20. The molecule has 0 aliphatic heterocycles. The Labute approximate surface area is 68.4 Å². The molecule has 0 atom stereocenters. The summed E-state index contributed by atoms with van der Waals surface area (Å²) < 4.78 is 17.6. The molecule has 0 saturated heterocycles. The van der Waals surface area contributed by atoms with E-state index in [1.54, 1.807) is 0 Å². The van der Waals surface area contributed by atoms with Gasteiger partial charge in [-0.2, -0.15) is 0 Å². The molecule has 64 valence electrons. The number of ether oxygens (including phenoxy) is 1. The van der Waals surface area contributed by atoms with E-state index in [1.165, 1.54) is 7.11 Å². The zero-order valence-electron chi connectivity index (χ0n) is 6.37. The molecule has 3 nitrogen and oxygen atoms in total. The number of hydrogen-bond donors (Lipinski definition) is 1. The molecule has 12 heavy (non-hydrogen) atoms. The second kappa shape index (κ2) is 3.21. The van der Waals surface area contributed by atoms with Crippen LogP contribution in [-0.2, 0) is 0 Å². The van der Waals surface area contributed by atoms with Crippen molar-refractivity contribution in [3.8, 4) is 11.5 Å². The molecule has 0 amide bonds. The molecule has 0 fully saturated rings. The lowest BCUT2D eigenvalue weighted by atomic mass is 10.2. The maximum Gasteiger partial charge on any atom is 0.175 e. The fraction of sp³-hybridized carbons (Fsp3) is 0.125. The van der Waals surface area contributed by atoms with Gasteiger partial charge in [0.05, 0.1) is 12.7 Å². The van der Waals surface area contributed by atoms with Gasteiger partial charge in [-0.3, -0.25) is 4.79 Å². The third kappa shape index (κ3) is 1.37. The van der Waals surface area contributed by atoms with Gasteiger partial charge < -0.3 is 9.84 Å². The first-order valence-corrected chi connectivity index (χ1v) is 3.20. The first-order chi connectivity index (χ1) is 5.69. The van der Waals surface area contributed by atoms with Crippen molar-refractivity contribution in [2.45, 2.75) is 0 Å². The molecule has 1 N–H and O–H groups in total. The average molecular weight is 170 g/mol. The van der Waals surface area contributed by atoms with Gasteiger partial charge in [-0.25, -0.2) is 4.39 Å². The summed E-state index contributed by atoms with van der Waals surface area (Å²) in [4.78, 5) is 10.2. The summed E-state index contributed by atoms with van der Waals surface area (Å²) in [5.41, 5.74) is -0.216. The smallest absolute Gasteiger partial charge is 0.175 e. The van der Waals surface area contributed by atoms with Crippen molar-refractivity contribution < 1.29 is 19.0 Å². The van der Waals surface area contributed by atoms with Crippen molar-refractivity contribution in [3.05, 3.63) is 23.5 Å². The molecule has 1 aromatic rings. The molecule has 1 rings (SSSR count). The molecular weight excluding hydrogens is 163 g/mol. The predicted molar refractivity (Wildman–Crippen MR) is 40.0 cm³/mol. The third-order valence-corrected chi connectivity index (χ3v) is 1.40. The van der Waals surface area contributed by atoms with Crippen LogP contribution >= 0.6 is 0 Å². The highest BCUT2D eigenvalue weighted by Crippen LogP contribution is 2.25. The molecule has 0 aromatic heterocycles. The quantitative estimate of drug-likeness (QED) is 0.681. The van der Waals surface area contributed by atoms with Gasteiger partial charge in [-0.05, 0) is 6.07 Å². The lowest BCUT2D eigenvalue weighted by Gasteiger charge is -2.03. The Morgan fingerprint density at radius 3 is 2.75 bits per heavy atom. The lowest BCUT2D eigenvalue weighted by molar-refractivity contribution is 0.111. The number of hydrogen-bond acceptors (Lipinski definition) is 3. The second-order valence-corrected chi connectivity index (χ2v) is 2.17. The summed E-state index contributed by atoms with van der Waals surface area (Å²) in [6.45, 7) is 0. The van der Waals surface area contributed by atoms with E-state index in [0.29, 0.717) is 6.29 Å². The van der Waals surface area contributed by atoms with Gasteiger partial charge in [0.15, 0.2) is 17.9 Å². The van der Waals surface area contributed by atoms with E-state index in [9.17, 15) is 9.18 Å². The Morgan fingerprint density at radius 2 is 2.25 bits per heavy atom. The molecule has 1 aromatic carbocycles. The van der Waals surface area contributed by atoms with Crippen LogP contribution < -0.4 is 4.74 Å². The predicted octanol–water partition coefficient (Wildman–Crippen LogP) is 1.35. The molecule has 0 bridgehead atoms. The summed E-state index contributed by atoms with van der Waals surface area (Å²) in [6.07, 6.45) is 0.317. The summed E-state index contributed by atoms with van der Waals surface area (Å²) in [5, 5.41) is 8.98. The van der Waals surface area contributed by atoms with Crippen molar-refractivity contribution in [1.29, 1.82) is 0 Å². The summed E-state index contributed by atoms with van der Waals surface area (Å²) >= 11 is 0. The fourth-order valence-electron chi connectivity index (χ4n) is 0.839. The Morgan fingerprint density at radius 1 is 1.58 bits per heavy atom. The highest BCUT2D eigenvalue weighted by molar-refractivity contribution is 5.77. The SMILES string of the molecule is COc1cc(O)cc(C=O)c1F. The normalized spacial score (nSPS) is 9.50. The van der Waals surface area contributed by atoms with E-state index in [-0.39, 0.29) is 17.1 Å². The van der Waals surface area contributed by atoms with E-state index in [2.05, 4.69) is 4.74 Å². The Kier molecular flexibility index (Phi) is 2.28. The van der Waals surface area contributed by atoms with Gasteiger partial charge in [0.1, 0.15) is 5.75 Å². The maximum atomic E-state index is 13.0. The molecule has 0 heterocycles. The van der Waals surface area contributed by atoms with Crippen LogP contribution in [0.15, 0.2) is 12.1 Å². The van der Waals surface area contributed by atoms with Crippen LogP contribution in [0.4, 0.5) is 4.39 Å². The van der Waals surface area contributed by atoms with Gasteiger partial charge in [0, 0.05) is 6.07 Å². The van der Waals surface area contributed by atoms with E-state index >= 15 is 0 Å². The van der Waals surface area contributed by atoms with Gasteiger partial charge in [0.2, 0.25) is 0 Å². The number of rotatable bonds is 2. The van der Waals surface area contributed by atoms with Crippen LogP contribution in [0.2, 0.25) is 0 Å². The minimum Gasteiger partial charge on any atom is -0.508 e. The number of aromatic hydroxyl groups is 1. The summed E-state index contributed by atoms with van der Waals surface area (Å²) in [6, 6.07) is 2.13. The highest BCUT2D eigenvalue weighted by Gasteiger charge is 2.09. The first kappa shape index (κ1) is 8.52. The largest absolute Gasteiger partial charge is 0.508 e. The van der Waals surface area contributed by atoms with Crippen LogP contribution in [0.1, 0.15) is 10.4 Å². The maximum absolute atomic E-state index is 13.0. The molecule has 0 spiro atoms. The minimum absolute atomic E-state index is 0.142. The summed E-state index contributed by atoms with van der Waals surface area (Å²) in [5.74, 6) is -1.10. The molecule has 0 radical (unpaired) electrons. The lowest BCUT2D eigenvalue weighted by Crippen LogP contribution is -1.93. The topological polar surface area (TPSA) is 46.5 Å². The van der Waals surface area contributed by atoms with Gasteiger partial charge in [-0.15, -0.1) is 0 Å². The van der Waals surface area contributed by atoms with Crippen LogP contribution in [0.25, 0.3) is 0 Å². The number of benzene rings is 1. The second-order valence-electron chi connectivity index (χ2n) is 2.17. The van der Waals surface area contributed by atoms with Crippen molar-refractivity contribution in [3.63, 3.8) is 0 Å². The fourth-order valence-corrected chi connectivity index (χ4v) is 0.839. The van der Waals surface area contributed by atoms with Gasteiger partial charge in [0.25, 0.3) is 0 Å². The number of carbonyl (C=O) groups is 1. The van der Waals surface area contributed by atoms with Crippen LogP contribution in [0.3, 0.4) is 0 Å². The monoisotopic (exact) mass is 170 g/mol. The molecule has 4 heteroatoms. The third-order valence-electron chi connectivity index (χ3n) is 1.40. The molecule has 0 aliphatic carbocycles. The number of carbonyl (C=O) groups excluding carboxylic acids is 1. The molecule has 0 aliphatic rings. The van der Waals surface area contributed by atoms with Crippen LogP contribution in [0.5, 0.6) is 11.5 Å². The average Bonchev–Trinajstić information content (AvgIpc) is 2.08. The minimum atomic E-state index is -0.759. The van der Waals surface area contributed by atoms with E-state index in [0.717, 1.165) is 12.1 Å². The van der Waals surface area contributed by atoms with E-state index < -0.39 is 5.82 Å². The van der Waals surface area contributed by atoms with Crippen molar-refractivity contribution >= 4 is 6.29 Å². The number of halogens is 1. The molecular formula is C8H7FO3. The number of methoxy groups -OCH3 is 1. The van der Waals surface area contributed by atoms with E-state index in [4.69, 9.17) is 5.11 Å². The van der Waals surface area contributed by atoms with Crippen molar-refractivity contribution in [2.75, 3.05) is 7.11 Å².